The van der Waals surface area contributed by atoms with E-state index in [-0.39, 0.29) is 27.9 Å². The molecule has 0 saturated carbocycles. The number of ether oxygens (including phenoxy) is 3. The molecule has 0 unspecified atom stereocenters. The molecule has 0 radical (unpaired) electrons. The van der Waals surface area contributed by atoms with E-state index in [2.05, 4.69) is 27.6 Å². The number of esters is 1. The summed E-state index contributed by atoms with van der Waals surface area (Å²) in [6, 6.07) is 15.8. The summed E-state index contributed by atoms with van der Waals surface area (Å²) >= 11 is 8.03. The number of benzene rings is 3. The Balaban J connectivity index is 1.62. The van der Waals surface area contributed by atoms with Gasteiger partial charge in [-0.15, -0.1) is 0 Å². The summed E-state index contributed by atoms with van der Waals surface area (Å²) in [6.07, 6.45) is 1.56. The van der Waals surface area contributed by atoms with Crippen molar-refractivity contribution in [3.05, 3.63) is 101 Å². The first-order valence-electron chi connectivity index (χ1n) is 10.9. The summed E-state index contributed by atoms with van der Waals surface area (Å²) in [5.41, 5.74) is 2.88. The molecule has 1 aliphatic rings. The lowest BCUT2D eigenvalue weighted by atomic mass is 10.1. The number of aryl methyl sites for hydroxylation is 1. The monoisotopic (exact) mass is 618 g/mol. The smallest absolute Gasteiger partial charge is 0.363 e. The Morgan fingerprint density at radius 3 is 2.58 bits per heavy atom. The number of carbonyl (C=O) groups is 1. The van der Waals surface area contributed by atoms with Crippen LogP contribution in [0.15, 0.2) is 65.3 Å². The predicted octanol–water partition coefficient (Wildman–Crippen LogP) is 6.48. The van der Waals surface area contributed by atoms with Crippen LogP contribution in [0, 0.1) is 20.6 Å². The van der Waals surface area contributed by atoms with Gasteiger partial charge in [0, 0.05) is 11.6 Å². The Hall–Kier alpha value is -3.44. The highest BCUT2D eigenvalue weighted by atomic mass is 127. The Bertz CT molecular complexity index is 1400. The van der Waals surface area contributed by atoms with Crippen LogP contribution < -0.4 is 9.47 Å². The molecule has 0 atom stereocenters. The summed E-state index contributed by atoms with van der Waals surface area (Å²) in [5.74, 6) is 0.429. The molecule has 184 valence electrons. The van der Waals surface area contributed by atoms with Gasteiger partial charge in [-0.3, -0.25) is 10.1 Å². The van der Waals surface area contributed by atoms with E-state index in [1.165, 1.54) is 23.8 Å². The van der Waals surface area contributed by atoms with Crippen LogP contribution in [0.5, 0.6) is 11.5 Å². The zero-order chi connectivity index (χ0) is 25.8. The molecule has 0 amide bonds. The van der Waals surface area contributed by atoms with Crippen molar-refractivity contribution in [3.63, 3.8) is 0 Å². The molecule has 1 heterocycles. The molecular formula is C26H20ClIN2O6. The van der Waals surface area contributed by atoms with Crippen LogP contribution in [0.1, 0.15) is 29.2 Å². The van der Waals surface area contributed by atoms with E-state index >= 15 is 0 Å². The van der Waals surface area contributed by atoms with Crippen molar-refractivity contribution in [2.45, 2.75) is 20.5 Å². The van der Waals surface area contributed by atoms with E-state index in [0.717, 1.165) is 9.13 Å². The van der Waals surface area contributed by atoms with Crippen LogP contribution in [0.4, 0.5) is 5.69 Å². The van der Waals surface area contributed by atoms with Crippen molar-refractivity contribution in [1.29, 1.82) is 0 Å². The second kappa shape index (κ2) is 11.1. The molecule has 8 nitrogen and oxygen atoms in total. The second-order valence-corrected chi connectivity index (χ2v) is 9.37. The van der Waals surface area contributed by atoms with Gasteiger partial charge in [-0.25, -0.2) is 9.79 Å². The average Bonchev–Trinajstić information content (AvgIpc) is 3.20. The van der Waals surface area contributed by atoms with Crippen molar-refractivity contribution in [2.75, 3.05) is 6.61 Å². The molecule has 1 aliphatic heterocycles. The largest absolute Gasteiger partial charge is 0.490 e. The minimum absolute atomic E-state index is 0.0212. The fourth-order valence-electron chi connectivity index (χ4n) is 3.39. The first kappa shape index (κ1) is 25.6. The first-order valence-corrected chi connectivity index (χ1v) is 12.3. The maximum atomic E-state index is 12.5. The standard InChI is InChI=1S/C26H20ClIN2O6/c1-3-34-23-12-17(10-20(28)24(23)35-14-16-6-4-15(2)5-7-16)11-21-26(31)36-25(29-21)18-8-9-19(27)22(13-18)30(32)33/h4-13H,3,14H2,1-2H3/b21-11-. The topological polar surface area (TPSA) is 100 Å². The van der Waals surface area contributed by atoms with Gasteiger partial charge in [0.2, 0.25) is 5.90 Å². The lowest BCUT2D eigenvalue weighted by Crippen LogP contribution is -2.06. The van der Waals surface area contributed by atoms with Gasteiger partial charge in [-0.05, 0) is 77.9 Å². The normalized spacial score (nSPS) is 13.9. The number of nitro groups is 1. The van der Waals surface area contributed by atoms with Crippen LogP contribution in [0.3, 0.4) is 0 Å². The van der Waals surface area contributed by atoms with Gasteiger partial charge in [-0.2, -0.15) is 0 Å². The Kier molecular flexibility index (Phi) is 7.90. The van der Waals surface area contributed by atoms with E-state index in [1.54, 1.807) is 12.1 Å². The number of carbonyl (C=O) groups excluding carboxylic acids is 1. The summed E-state index contributed by atoms with van der Waals surface area (Å²) in [5, 5.41) is 11.2. The van der Waals surface area contributed by atoms with Gasteiger partial charge in [0.25, 0.3) is 5.69 Å². The van der Waals surface area contributed by atoms with Crippen molar-refractivity contribution in [3.8, 4) is 11.5 Å². The second-order valence-electron chi connectivity index (χ2n) is 7.80. The minimum atomic E-state index is -0.671. The molecule has 0 bridgehead atoms. The van der Waals surface area contributed by atoms with Crippen molar-refractivity contribution >= 4 is 57.8 Å². The molecule has 0 aliphatic carbocycles. The number of halogens is 2. The van der Waals surface area contributed by atoms with Gasteiger partial charge >= 0.3 is 5.97 Å². The number of rotatable bonds is 8. The quantitative estimate of drug-likeness (QED) is 0.0942. The third-order valence-electron chi connectivity index (χ3n) is 5.15. The van der Waals surface area contributed by atoms with E-state index in [9.17, 15) is 14.9 Å². The van der Waals surface area contributed by atoms with Crippen LogP contribution >= 0.6 is 34.2 Å². The van der Waals surface area contributed by atoms with Crippen LogP contribution in [0.25, 0.3) is 6.08 Å². The Morgan fingerprint density at radius 1 is 1.14 bits per heavy atom. The molecule has 36 heavy (non-hydrogen) atoms. The molecular weight excluding hydrogens is 599 g/mol. The zero-order valence-electron chi connectivity index (χ0n) is 19.3. The fourth-order valence-corrected chi connectivity index (χ4v) is 4.36. The maximum absolute atomic E-state index is 12.5. The number of nitro benzene ring substituents is 1. The highest BCUT2D eigenvalue weighted by molar-refractivity contribution is 14.1. The van der Waals surface area contributed by atoms with Gasteiger partial charge in [0.1, 0.15) is 11.6 Å². The summed E-state index contributed by atoms with van der Waals surface area (Å²) in [4.78, 5) is 27.3. The Labute approximate surface area is 225 Å². The van der Waals surface area contributed by atoms with Gasteiger partial charge in [0.05, 0.1) is 15.1 Å². The summed E-state index contributed by atoms with van der Waals surface area (Å²) < 4.78 is 17.9. The zero-order valence-corrected chi connectivity index (χ0v) is 22.2. The van der Waals surface area contributed by atoms with Crippen molar-refractivity contribution < 1.29 is 23.9 Å². The molecule has 4 rings (SSSR count). The van der Waals surface area contributed by atoms with E-state index in [4.69, 9.17) is 25.8 Å². The average molecular weight is 619 g/mol. The summed E-state index contributed by atoms with van der Waals surface area (Å²) in [7, 11) is 0. The lowest BCUT2D eigenvalue weighted by Gasteiger charge is -2.15. The molecule has 3 aromatic rings. The predicted molar refractivity (Wildman–Crippen MR) is 145 cm³/mol. The number of cyclic esters (lactones) is 1. The number of hydrogen-bond donors (Lipinski definition) is 0. The van der Waals surface area contributed by atoms with E-state index < -0.39 is 10.9 Å². The van der Waals surface area contributed by atoms with E-state index in [1.807, 2.05) is 44.2 Å². The number of hydrogen-bond acceptors (Lipinski definition) is 7. The molecule has 0 N–H and O–H groups in total. The molecule has 10 heteroatoms. The number of aliphatic imine (C=N–C) groups is 1. The Morgan fingerprint density at radius 2 is 1.89 bits per heavy atom. The molecule has 0 spiro atoms. The van der Waals surface area contributed by atoms with Crippen LogP contribution in [-0.2, 0) is 16.1 Å². The lowest BCUT2D eigenvalue weighted by molar-refractivity contribution is -0.384. The van der Waals surface area contributed by atoms with Crippen molar-refractivity contribution in [1.82, 2.24) is 0 Å². The van der Waals surface area contributed by atoms with Crippen LogP contribution in [0.2, 0.25) is 5.02 Å². The third-order valence-corrected chi connectivity index (χ3v) is 6.27. The van der Waals surface area contributed by atoms with Gasteiger partial charge < -0.3 is 14.2 Å². The SMILES string of the molecule is CCOc1cc(/C=C2\N=C(c3ccc(Cl)c([N+](=O)[O-])c3)OC2=O)cc(I)c1OCc1ccc(C)cc1. The number of nitrogens with zero attached hydrogens (tertiary/aromatic N) is 2. The van der Waals surface area contributed by atoms with Crippen LogP contribution in [-0.4, -0.2) is 23.4 Å². The minimum Gasteiger partial charge on any atom is -0.490 e. The van der Waals surface area contributed by atoms with E-state index in [0.29, 0.717) is 30.3 Å². The van der Waals surface area contributed by atoms with Gasteiger partial charge in [0.15, 0.2) is 17.2 Å². The highest BCUT2D eigenvalue weighted by Gasteiger charge is 2.26. The first-order chi connectivity index (χ1) is 17.2. The summed E-state index contributed by atoms with van der Waals surface area (Å²) in [6.45, 7) is 4.71. The fraction of sp³-hybridized carbons (Fsp3) is 0.154. The third kappa shape index (κ3) is 5.85. The molecule has 0 aromatic heterocycles. The molecule has 0 saturated heterocycles. The highest BCUT2D eigenvalue weighted by Crippen LogP contribution is 2.36. The maximum Gasteiger partial charge on any atom is 0.363 e. The molecule has 0 fully saturated rings. The van der Waals surface area contributed by atoms with Crippen molar-refractivity contribution in [2.24, 2.45) is 4.99 Å². The van der Waals surface area contributed by atoms with Gasteiger partial charge in [-0.1, -0.05) is 41.4 Å². The molecule has 3 aromatic carbocycles.